The first kappa shape index (κ1) is 14.1. The Kier molecular flexibility index (Phi) is 3.24. The number of cyclic esters (lactones) is 1. The van der Waals surface area contributed by atoms with Gasteiger partial charge in [0.25, 0.3) is 0 Å². The smallest absolute Gasteiger partial charge is 0.408 e. The molecular formula is C13H22N2O4. The fourth-order valence-corrected chi connectivity index (χ4v) is 3.35. The van der Waals surface area contributed by atoms with E-state index in [4.69, 9.17) is 9.47 Å². The van der Waals surface area contributed by atoms with Crippen LogP contribution in [-0.2, 0) is 14.3 Å². The van der Waals surface area contributed by atoms with Gasteiger partial charge in [0.15, 0.2) is 5.66 Å². The molecule has 2 saturated heterocycles. The molecule has 19 heavy (non-hydrogen) atoms. The van der Waals surface area contributed by atoms with E-state index in [9.17, 15) is 9.59 Å². The van der Waals surface area contributed by atoms with Crippen molar-refractivity contribution in [3.8, 4) is 0 Å². The third kappa shape index (κ3) is 2.29. The molecule has 0 aliphatic carbocycles. The number of nitrogens with zero attached hydrogens (tertiary/aromatic N) is 1. The fraction of sp³-hybridized carbons (Fsp3) is 0.846. The predicted octanol–water partition coefficient (Wildman–Crippen LogP) is 1.10. The number of alkyl carbamates (subject to hydrolysis) is 1. The molecule has 2 aliphatic heterocycles. The quantitative estimate of drug-likeness (QED) is 0.571. The van der Waals surface area contributed by atoms with Crippen molar-refractivity contribution in [3.05, 3.63) is 0 Å². The van der Waals surface area contributed by atoms with Crippen molar-refractivity contribution >= 4 is 12.1 Å². The maximum absolute atomic E-state index is 11.7. The van der Waals surface area contributed by atoms with E-state index in [1.165, 1.54) is 6.92 Å². The molecular weight excluding hydrogens is 248 g/mol. The van der Waals surface area contributed by atoms with E-state index >= 15 is 0 Å². The zero-order valence-electron chi connectivity index (χ0n) is 12.1. The number of nitrogens with one attached hydrogen (secondary N) is 1. The summed E-state index contributed by atoms with van der Waals surface area (Å²) in [5, 5.41) is 2.88. The lowest BCUT2D eigenvalue weighted by Crippen LogP contribution is -2.51. The molecule has 2 heterocycles. The highest BCUT2D eigenvalue weighted by molar-refractivity contribution is 5.71. The largest absolute Gasteiger partial charge is 0.458 e. The van der Waals surface area contributed by atoms with Gasteiger partial charge in [-0.3, -0.25) is 15.0 Å². The second-order valence-electron chi connectivity index (χ2n) is 6.35. The number of hydrogen-bond acceptors (Lipinski definition) is 5. The van der Waals surface area contributed by atoms with Gasteiger partial charge in [-0.2, -0.15) is 0 Å². The Balaban J connectivity index is 2.31. The molecule has 0 aromatic heterocycles. The Morgan fingerprint density at radius 2 is 2.16 bits per heavy atom. The number of likely N-dealkylation sites (N-methyl/N-ethyl adjacent to an activating group) is 1. The summed E-state index contributed by atoms with van der Waals surface area (Å²) in [5.74, 6) is -0.339. The van der Waals surface area contributed by atoms with E-state index in [0.717, 1.165) is 0 Å². The van der Waals surface area contributed by atoms with Gasteiger partial charge in [0, 0.05) is 13.3 Å². The van der Waals surface area contributed by atoms with Crippen LogP contribution in [0, 0.1) is 5.41 Å². The molecule has 0 aromatic rings. The summed E-state index contributed by atoms with van der Waals surface area (Å²) in [6, 6.07) is 0.106. The molecule has 0 radical (unpaired) electrons. The Morgan fingerprint density at radius 1 is 1.53 bits per heavy atom. The van der Waals surface area contributed by atoms with Crippen LogP contribution in [0.25, 0.3) is 0 Å². The lowest BCUT2D eigenvalue weighted by Gasteiger charge is -2.27. The van der Waals surface area contributed by atoms with Crippen LogP contribution in [-0.4, -0.2) is 48.4 Å². The first-order chi connectivity index (χ1) is 8.69. The van der Waals surface area contributed by atoms with Crippen molar-refractivity contribution in [3.63, 3.8) is 0 Å². The zero-order chi connectivity index (χ0) is 14.4. The summed E-state index contributed by atoms with van der Waals surface area (Å²) < 4.78 is 10.4. The minimum absolute atomic E-state index is 0.0369. The summed E-state index contributed by atoms with van der Waals surface area (Å²) in [6.07, 6.45) is -0.325. The molecule has 108 valence electrons. The average Bonchev–Trinajstić information content (AvgIpc) is 2.84. The topological polar surface area (TPSA) is 67.6 Å². The number of ether oxygens (including phenoxy) is 2. The minimum Gasteiger partial charge on any atom is -0.458 e. The summed E-state index contributed by atoms with van der Waals surface area (Å²) >= 11 is 0. The molecule has 2 aliphatic rings. The number of carbonyl (C=O) groups is 2. The molecule has 1 unspecified atom stereocenters. The van der Waals surface area contributed by atoms with Crippen LogP contribution < -0.4 is 5.32 Å². The number of hydrogen-bond donors (Lipinski definition) is 1. The number of carbonyl (C=O) groups excluding carboxylic acids is 2. The van der Waals surface area contributed by atoms with Gasteiger partial charge in [0.05, 0.1) is 12.6 Å². The summed E-state index contributed by atoms with van der Waals surface area (Å²) in [7, 11) is 1.93. The first-order valence-electron chi connectivity index (χ1n) is 6.54. The van der Waals surface area contributed by atoms with Gasteiger partial charge in [0.1, 0.15) is 6.10 Å². The van der Waals surface area contributed by atoms with E-state index < -0.39 is 11.8 Å². The van der Waals surface area contributed by atoms with Crippen molar-refractivity contribution in [1.82, 2.24) is 10.2 Å². The molecule has 6 nitrogen and oxygen atoms in total. The van der Waals surface area contributed by atoms with Crippen LogP contribution in [0.1, 0.15) is 34.1 Å². The van der Waals surface area contributed by atoms with Gasteiger partial charge in [0.2, 0.25) is 0 Å². The molecule has 4 atom stereocenters. The average molecular weight is 270 g/mol. The van der Waals surface area contributed by atoms with Crippen molar-refractivity contribution in [1.29, 1.82) is 0 Å². The maximum atomic E-state index is 11.7. The first-order valence-corrected chi connectivity index (χ1v) is 6.54. The highest BCUT2D eigenvalue weighted by Gasteiger charge is 2.71. The van der Waals surface area contributed by atoms with Crippen LogP contribution in [0.5, 0.6) is 0 Å². The minimum atomic E-state index is -0.641. The Morgan fingerprint density at radius 3 is 2.63 bits per heavy atom. The summed E-state index contributed by atoms with van der Waals surface area (Å²) in [5.41, 5.74) is -0.678. The summed E-state index contributed by atoms with van der Waals surface area (Å²) in [6.45, 7) is 7.95. The molecule has 0 bridgehead atoms. The van der Waals surface area contributed by atoms with E-state index in [2.05, 4.69) is 26.1 Å². The SMILES string of the molecule is CC(=O)O[C@@H]1CCOC(=O)NC12[C@@H](C(C)(C)C)[N@]2C. The van der Waals surface area contributed by atoms with Crippen LogP contribution >= 0.6 is 0 Å². The highest BCUT2D eigenvalue weighted by Crippen LogP contribution is 2.51. The lowest BCUT2D eigenvalue weighted by molar-refractivity contribution is -0.149. The molecule has 2 rings (SSSR count). The van der Waals surface area contributed by atoms with Crippen LogP contribution in [0.15, 0.2) is 0 Å². The molecule has 6 heteroatoms. The molecule has 2 fully saturated rings. The van der Waals surface area contributed by atoms with Gasteiger partial charge < -0.3 is 9.47 Å². The van der Waals surface area contributed by atoms with Crippen LogP contribution in [0.4, 0.5) is 4.79 Å². The molecule has 1 spiro atoms. The molecule has 1 amide bonds. The highest BCUT2D eigenvalue weighted by atomic mass is 16.6. The Bertz CT molecular complexity index is 404. The van der Waals surface area contributed by atoms with E-state index in [1.54, 1.807) is 0 Å². The van der Waals surface area contributed by atoms with Crippen LogP contribution in [0.2, 0.25) is 0 Å². The van der Waals surface area contributed by atoms with Gasteiger partial charge in [-0.25, -0.2) is 4.79 Å². The monoisotopic (exact) mass is 270 g/mol. The Labute approximate surface area is 113 Å². The van der Waals surface area contributed by atoms with Gasteiger partial charge in [-0.1, -0.05) is 20.8 Å². The van der Waals surface area contributed by atoms with Gasteiger partial charge in [-0.15, -0.1) is 0 Å². The van der Waals surface area contributed by atoms with E-state index in [1.807, 2.05) is 11.9 Å². The number of rotatable bonds is 1. The standard InChI is InChI=1S/C13H22N2O4/c1-8(16)19-9-6-7-18-11(17)14-13(9)10(15(13)5)12(2,3)4/h9-10H,6-7H2,1-5H3,(H,14,17)/t9-,10-,13?,15+/m1/s1. The normalized spacial score (nSPS) is 38.2. The molecule has 0 aromatic carbocycles. The third-order valence-electron chi connectivity index (χ3n) is 3.85. The Hall–Kier alpha value is -1.30. The molecule has 0 saturated carbocycles. The van der Waals surface area contributed by atoms with Gasteiger partial charge in [-0.05, 0) is 12.5 Å². The second-order valence-corrected chi connectivity index (χ2v) is 6.35. The zero-order valence-corrected chi connectivity index (χ0v) is 12.1. The van der Waals surface area contributed by atoms with Crippen molar-refractivity contribution in [2.75, 3.05) is 13.7 Å². The lowest BCUT2D eigenvalue weighted by atomic mass is 9.85. The van der Waals surface area contributed by atoms with Crippen molar-refractivity contribution < 1.29 is 19.1 Å². The van der Waals surface area contributed by atoms with E-state index in [-0.39, 0.29) is 30.1 Å². The van der Waals surface area contributed by atoms with Gasteiger partial charge >= 0.3 is 12.1 Å². The maximum Gasteiger partial charge on any atom is 0.408 e. The number of esters is 1. The summed E-state index contributed by atoms with van der Waals surface area (Å²) in [4.78, 5) is 25.0. The second kappa shape index (κ2) is 4.37. The van der Waals surface area contributed by atoms with Crippen molar-refractivity contribution in [2.24, 2.45) is 5.41 Å². The predicted molar refractivity (Wildman–Crippen MR) is 68.4 cm³/mol. The number of amides is 1. The third-order valence-corrected chi connectivity index (χ3v) is 3.85. The van der Waals surface area contributed by atoms with E-state index in [0.29, 0.717) is 6.42 Å². The fourth-order valence-electron chi connectivity index (χ4n) is 3.35. The van der Waals surface area contributed by atoms with Crippen molar-refractivity contribution in [2.45, 2.75) is 51.9 Å². The molecule has 1 N–H and O–H groups in total. The van der Waals surface area contributed by atoms with Crippen LogP contribution in [0.3, 0.4) is 0 Å².